The molecule has 2 aliphatic heterocycles. The van der Waals surface area contributed by atoms with Gasteiger partial charge in [-0.25, -0.2) is 14.6 Å². The average Bonchev–Trinajstić information content (AvgIpc) is 3.51. The zero-order valence-electron chi connectivity index (χ0n) is 21.7. The highest BCUT2D eigenvalue weighted by atomic mass is 79.9. The Balaban J connectivity index is 1.46. The van der Waals surface area contributed by atoms with Crippen LogP contribution in [-0.2, 0) is 17.6 Å². The number of rotatable bonds is 4. The van der Waals surface area contributed by atoms with E-state index in [1.165, 1.54) is 18.6 Å². The molecule has 1 aromatic carbocycles. The summed E-state index contributed by atoms with van der Waals surface area (Å²) in [4.78, 5) is 42.0. The van der Waals surface area contributed by atoms with E-state index in [9.17, 15) is 14.7 Å². The smallest absolute Gasteiger partial charge is 0.258 e. The number of pyridine rings is 1. The van der Waals surface area contributed by atoms with Crippen LogP contribution in [0.4, 0.5) is 0 Å². The number of aromatic amines is 1. The lowest BCUT2D eigenvalue weighted by molar-refractivity contribution is -0.126. The van der Waals surface area contributed by atoms with Crippen LogP contribution in [0.1, 0.15) is 58.7 Å². The van der Waals surface area contributed by atoms with Crippen LogP contribution in [0.2, 0.25) is 0 Å². The minimum atomic E-state index is -0.425. The fraction of sp³-hybridized carbons (Fsp3) is 0.321. The Hall–Kier alpha value is -3.99. The van der Waals surface area contributed by atoms with Gasteiger partial charge in [0.25, 0.3) is 5.91 Å². The van der Waals surface area contributed by atoms with E-state index >= 15 is 0 Å². The van der Waals surface area contributed by atoms with Crippen molar-refractivity contribution in [3.63, 3.8) is 0 Å². The Kier molecular flexibility index (Phi) is 6.25. The molecule has 5 heterocycles. The first-order valence-electron chi connectivity index (χ1n) is 12.9. The molecule has 2 aliphatic rings. The highest BCUT2D eigenvalue weighted by molar-refractivity contribution is 9.10. The van der Waals surface area contributed by atoms with E-state index in [0.29, 0.717) is 59.4 Å². The quantitative estimate of drug-likeness (QED) is 0.274. The minimum Gasteiger partial charge on any atom is -0.506 e. The van der Waals surface area contributed by atoms with Gasteiger partial charge in [0, 0.05) is 44.2 Å². The molecule has 0 saturated heterocycles. The molecular weight excluding hydrogens is 562 g/mol. The summed E-state index contributed by atoms with van der Waals surface area (Å²) in [6.45, 7) is 9.00. The highest BCUT2D eigenvalue weighted by Gasteiger charge is 2.40. The van der Waals surface area contributed by atoms with Crippen LogP contribution < -0.4 is 0 Å². The van der Waals surface area contributed by atoms with E-state index in [4.69, 9.17) is 5.10 Å². The third-order valence-electron chi connectivity index (χ3n) is 7.69. The zero-order chi connectivity index (χ0) is 27.4. The molecule has 6 rings (SSSR count). The lowest BCUT2D eigenvalue weighted by atomic mass is 9.94. The summed E-state index contributed by atoms with van der Waals surface area (Å²) < 4.78 is 2.40. The molecule has 0 unspecified atom stereocenters. The number of halogens is 1. The Morgan fingerprint density at radius 3 is 2.79 bits per heavy atom. The number of fused-ring (bicyclic) bond motifs is 1. The summed E-state index contributed by atoms with van der Waals surface area (Å²) >= 11 is 3.41. The molecule has 3 aromatic heterocycles. The monoisotopic (exact) mass is 589 g/mol. The van der Waals surface area contributed by atoms with E-state index in [1.54, 1.807) is 15.9 Å². The van der Waals surface area contributed by atoms with Gasteiger partial charge in [0.2, 0.25) is 5.91 Å². The van der Waals surface area contributed by atoms with Crippen LogP contribution in [0, 0.1) is 0 Å². The van der Waals surface area contributed by atoms with Crippen LogP contribution >= 0.6 is 15.9 Å². The predicted octanol–water partition coefficient (Wildman–Crippen LogP) is 4.05. The van der Waals surface area contributed by atoms with Gasteiger partial charge in [-0.2, -0.15) is 5.10 Å². The molecule has 39 heavy (non-hydrogen) atoms. The van der Waals surface area contributed by atoms with Gasteiger partial charge in [0.1, 0.15) is 21.6 Å². The summed E-state index contributed by atoms with van der Waals surface area (Å²) in [6, 6.07) is 5.27. The Morgan fingerprint density at radius 1 is 1.23 bits per heavy atom. The molecule has 1 atom stereocenters. The van der Waals surface area contributed by atoms with Crippen molar-refractivity contribution in [1.82, 2.24) is 34.5 Å². The molecule has 2 amide bonds. The largest absolute Gasteiger partial charge is 0.506 e. The van der Waals surface area contributed by atoms with Gasteiger partial charge in [-0.05, 0) is 45.6 Å². The van der Waals surface area contributed by atoms with E-state index in [1.807, 2.05) is 16.8 Å². The number of phenols is 1. The van der Waals surface area contributed by atoms with Gasteiger partial charge in [-0.3, -0.25) is 9.59 Å². The summed E-state index contributed by atoms with van der Waals surface area (Å²) in [7, 11) is 0. The van der Waals surface area contributed by atoms with Crippen molar-refractivity contribution in [3.8, 4) is 11.4 Å². The number of aromatic hydroxyl groups is 1. The van der Waals surface area contributed by atoms with Gasteiger partial charge in [0.15, 0.2) is 0 Å². The van der Waals surface area contributed by atoms with E-state index in [-0.39, 0.29) is 23.5 Å². The molecule has 4 aromatic rings. The Labute approximate surface area is 233 Å². The van der Waals surface area contributed by atoms with Crippen molar-refractivity contribution >= 4 is 38.8 Å². The Morgan fingerprint density at radius 2 is 2.05 bits per heavy atom. The SMILES string of the molecule is C=CC(=O)N1CCc2nn(-c3ccc(C(C)C)cc3O)c3c2[C@H](C1)N(C(=O)c1cnc(Br)c2[nH]cnc12)CC3. The maximum atomic E-state index is 14.1. The number of benzene rings is 1. The second-order valence-electron chi connectivity index (χ2n) is 10.2. The van der Waals surface area contributed by atoms with Crippen LogP contribution in [0.15, 0.2) is 48.0 Å². The average molecular weight is 590 g/mol. The van der Waals surface area contributed by atoms with Crippen molar-refractivity contribution in [2.45, 2.75) is 38.6 Å². The first-order valence-corrected chi connectivity index (χ1v) is 13.7. The number of nitrogens with one attached hydrogen (secondary N) is 1. The van der Waals surface area contributed by atoms with Gasteiger partial charge in [0.05, 0.1) is 34.8 Å². The fourth-order valence-corrected chi connectivity index (χ4v) is 6.06. The molecule has 200 valence electrons. The van der Waals surface area contributed by atoms with Crippen LogP contribution in [0.3, 0.4) is 0 Å². The fourth-order valence-electron chi connectivity index (χ4n) is 5.66. The van der Waals surface area contributed by atoms with Gasteiger partial charge in [-0.1, -0.05) is 26.5 Å². The molecule has 11 heteroatoms. The van der Waals surface area contributed by atoms with Crippen LogP contribution in [-0.4, -0.2) is 71.1 Å². The number of hydrogen-bond donors (Lipinski definition) is 2. The maximum absolute atomic E-state index is 14.1. The van der Waals surface area contributed by atoms with Gasteiger partial charge >= 0.3 is 0 Å². The summed E-state index contributed by atoms with van der Waals surface area (Å²) in [5.74, 6) is 0.0486. The molecule has 10 nitrogen and oxygen atoms in total. The van der Waals surface area contributed by atoms with E-state index in [0.717, 1.165) is 22.5 Å². The molecule has 0 spiro atoms. The molecule has 0 fully saturated rings. The standard InChI is InChI=1S/C28H28BrN7O3/c1-4-23(38)34-9-7-18-24-20(36(33-18)19-6-5-16(15(2)3)11-22(19)37)8-10-35(21(24)13-34)28(39)17-12-30-27(29)26-25(17)31-14-32-26/h4-6,11-12,14-15,21,37H,1,7-10,13H2,2-3H3,(H,31,32)/t21-/m0/s1. The summed E-state index contributed by atoms with van der Waals surface area (Å²) in [5.41, 5.74) is 5.92. The lowest BCUT2D eigenvalue weighted by Crippen LogP contribution is -2.46. The lowest BCUT2D eigenvalue weighted by Gasteiger charge is -2.37. The maximum Gasteiger partial charge on any atom is 0.258 e. The van der Waals surface area contributed by atoms with Gasteiger partial charge < -0.3 is 19.9 Å². The molecule has 0 radical (unpaired) electrons. The molecule has 0 saturated carbocycles. The second-order valence-corrected chi connectivity index (χ2v) is 11.0. The second kappa shape index (κ2) is 9.64. The van der Waals surface area contributed by atoms with E-state index in [2.05, 4.69) is 51.3 Å². The number of aromatic nitrogens is 5. The number of hydrogen-bond acceptors (Lipinski definition) is 6. The van der Waals surface area contributed by atoms with Crippen molar-refractivity contribution in [3.05, 3.63) is 76.1 Å². The number of amides is 2. The predicted molar refractivity (Wildman–Crippen MR) is 149 cm³/mol. The topological polar surface area (TPSA) is 120 Å². The van der Waals surface area contributed by atoms with Crippen molar-refractivity contribution in [1.29, 1.82) is 0 Å². The van der Waals surface area contributed by atoms with Gasteiger partial charge in [-0.15, -0.1) is 0 Å². The molecule has 2 N–H and O–H groups in total. The van der Waals surface area contributed by atoms with Crippen molar-refractivity contribution in [2.24, 2.45) is 0 Å². The highest BCUT2D eigenvalue weighted by Crippen LogP contribution is 2.39. The zero-order valence-corrected chi connectivity index (χ0v) is 23.3. The Bertz CT molecular complexity index is 1640. The number of H-pyrrole nitrogens is 1. The van der Waals surface area contributed by atoms with Crippen molar-refractivity contribution in [2.75, 3.05) is 19.6 Å². The first-order chi connectivity index (χ1) is 18.8. The third-order valence-corrected chi connectivity index (χ3v) is 8.29. The molecule has 0 bridgehead atoms. The normalized spacial score (nSPS) is 16.9. The number of phenolic OH excluding ortho intramolecular Hbond substituents is 1. The number of carbonyl (C=O) groups is 2. The van der Waals surface area contributed by atoms with Crippen LogP contribution in [0.5, 0.6) is 5.75 Å². The number of carbonyl (C=O) groups excluding carboxylic acids is 2. The summed E-state index contributed by atoms with van der Waals surface area (Å²) in [5, 5.41) is 15.9. The summed E-state index contributed by atoms with van der Waals surface area (Å²) in [6.07, 6.45) is 5.45. The first kappa shape index (κ1) is 25.3. The van der Waals surface area contributed by atoms with Crippen LogP contribution in [0.25, 0.3) is 16.7 Å². The molecular formula is C28H28BrN7O3. The minimum absolute atomic E-state index is 0.162. The number of nitrogens with zero attached hydrogens (tertiary/aromatic N) is 6. The number of imidazole rings is 1. The van der Waals surface area contributed by atoms with E-state index < -0.39 is 6.04 Å². The third kappa shape index (κ3) is 4.12. The molecule has 0 aliphatic carbocycles. The van der Waals surface area contributed by atoms with Crippen molar-refractivity contribution < 1.29 is 14.7 Å².